The SMILES string of the molecule is Nc1ccc(-c2nc3ccc(N)cc3[nH]2)c(Cl)c1. The molecule has 18 heavy (non-hydrogen) atoms. The molecule has 5 N–H and O–H groups in total. The van der Waals surface area contributed by atoms with Gasteiger partial charge in [0.15, 0.2) is 0 Å². The van der Waals surface area contributed by atoms with Gasteiger partial charge >= 0.3 is 0 Å². The number of aromatic amines is 1. The number of aromatic nitrogens is 2. The number of nitrogen functional groups attached to an aromatic ring is 2. The number of benzene rings is 2. The summed E-state index contributed by atoms with van der Waals surface area (Å²) in [7, 11) is 0. The second-order valence-corrected chi connectivity index (χ2v) is 4.51. The average molecular weight is 259 g/mol. The van der Waals surface area contributed by atoms with E-state index in [9.17, 15) is 0 Å². The number of hydrogen-bond donors (Lipinski definition) is 3. The standard InChI is InChI=1S/C13H11ClN4/c14-10-5-7(15)1-3-9(10)13-17-11-4-2-8(16)6-12(11)18-13/h1-6H,15-16H2,(H,17,18). The molecule has 0 amide bonds. The molecule has 0 atom stereocenters. The van der Waals surface area contributed by atoms with Crippen LogP contribution in [0.2, 0.25) is 5.02 Å². The molecule has 0 aliphatic carbocycles. The summed E-state index contributed by atoms with van der Waals surface area (Å²) in [6.07, 6.45) is 0. The van der Waals surface area contributed by atoms with Crippen LogP contribution >= 0.6 is 11.6 Å². The molecule has 4 nitrogen and oxygen atoms in total. The summed E-state index contributed by atoms with van der Waals surface area (Å²) in [5.74, 6) is 0.709. The van der Waals surface area contributed by atoms with Crippen LogP contribution in [0.3, 0.4) is 0 Å². The zero-order valence-electron chi connectivity index (χ0n) is 9.44. The van der Waals surface area contributed by atoms with Gasteiger partial charge < -0.3 is 16.5 Å². The number of H-pyrrole nitrogens is 1. The first-order chi connectivity index (χ1) is 8.63. The summed E-state index contributed by atoms with van der Waals surface area (Å²) in [6, 6.07) is 10.9. The van der Waals surface area contributed by atoms with Gasteiger partial charge in [-0.05, 0) is 36.4 Å². The zero-order chi connectivity index (χ0) is 12.7. The number of nitrogens with one attached hydrogen (secondary N) is 1. The highest BCUT2D eigenvalue weighted by Crippen LogP contribution is 2.29. The predicted molar refractivity (Wildman–Crippen MR) is 75.4 cm³/mol. The van der Waals surface area contributed by atoms with E-state index in [0.29, 0.717) is 22.2 Å². The molecule has 5 heteroatoms. The highest BCUT2D eigenvalue weighted by molar-refractivity contribution is 6.33. The number of fused-ring (bicyclic) bond motifs is 1. The molecule has 0 unspecified atom stereocenters. The smallest absolute Gasteiger partial charge is 0.140 e. The Morgan fingerprint density at radius 2 is 1.72 bits per heavy atom. The van der Waals surface area contributed by atoms with Crippen molar-refractivity contribution in [2.75, 3.05) is 11.5 Å². The van der Waals surface area contributed by atoms with Crippen molar-refractivity contribution < 1.29 is 0 Å². The van der Waals surface area contributed by atoms with Crippen molar-refractivity contribution in [3.05, 3.63) is 41.4 Å². The van der Waals surface area contributed by atoms with Gasteiger partial charge in [0, 0.05) is 16.9 Å². The Morgan fingerprint density at radius 3 is 2.50 bits per heavy atom. The van der Waals surface area contributed by atoms with E-state index in [-0.39, 0.29) is 0 Å². The van der Waals surface area contributed by atoms with E-state index in [2.05, 4.69) is 9.97 Å². The summed E-state index contributed by atoms with van der Waals surface area (Å²) in [4.78, 5) is 7.67. The average Bonchev–Trinajstić information content (AvgIpc) is 2.71. The van der Waals surface area contributed by atoms with Gasteiger partial charge in [-0.3, -0.25) is 0 Å². The number of imidazole rings is 1. The van der Waals surface area contributed by atoms with Gasteiger partial charge in [-0.1, -0.05) is 11.6 Å². The van der Waals surface area contributed by atoms with Crippen LogP contribution in [0, 0.1) is 0 Å². The minimum atomic E-state index is 0.571. The molecule has 3 rings (SSSR count). The molecule has 90 valence electrons. The van der Waals surface area contributed by atoms with Crippen LogP contribution < -0.4 is 11.5 Å². The third kappa shape index (κ3) is 1.76. The lowest BCUT2D eigenvalue weighted by Crippen LogP contribution is -1.87. The Bertz CT molecular complexity index is 733. The summed E-state index contributed by atoms with van der Waals surface area (Å²) < 4.78 is 0. The van der Waals surface area contributed by atoms with Crippen LogP contribution in [0.1, 0.15) is 0 Å². The van der Waals surface area contributed by atoms with Gasteiger partial charge in [0.1, 0.15) is 5.82 Å². The van der Waals surface area contributed by atoms with Crippen LogP contribution in [0.15, 0.2) is 36.4 Å². The van der Waals surface area contributed by atoms with E-state index in [4.69, 9.17) is 23.1 Å². The summed E-state index contributed by atoms with van der Waals surface area (Å²) in [5.41, 5.74) is 15.3. The molecule has 0 saturated carbocycles. The van der Waals surface area contributed by atoms with Gasteiger partial charge in [0.05, 0.1) is 16.1 Å². The van der Waals surface area contributed by atoms with Crippen LogP contribution in [0.5, 0.6) is 0 Å². The van der Waals surface area contributed by atoms with E-state index in [1.54, 1.807) is 12.1 Å². The van der Waals surface area contributed by atoms with E-state index >= 15 is 0 Å². The highest BCUT2D eigenvalue weighted by atomic mass is 35.5. The maximum Gasteiger partial charge on any atom is 0.140 e. The van der Waals surface area contributed by atoms with E-state index in [1.807, 2.05) is 24.3 Å². The Hall–Kier alpha value is -2.20. The Labute approximate surface area is 109 Å². The molecule has 1 heterocycles. The predicted octanol–water partition coefficient (Wildman–Crippen LogP) is 3.05. The number of anilines is 2. The molecule has 0 aliphatic heterocycles. The Balaban J connectivity index is 2.19. The van der Waals surface area contributed by atoms with Gasteiger partial charge in [-0.2, -0.15) is 0 Å². The maximum atomic E-state index is 6.16. The van der Waals surface area contributed by atoms with Crippen LogP contribution in [0.25, 0.3) is 22.4 Å². The van der Waals surface area contributed by atoms with Gasteiger partial charge in [-0.25, -0.2) is 4.98 Å². The molecule has 3 aromatic rings. The maximum absolute atomic E-state index is 6.16. The van der Waals surface area contributed by atoms with E-state index < -0.39 is 0 Å². The normalized spacial score (nSPS) is 10.9. The van der Waals surface area contributed by atoms with Crippen molar-refractivity contribution in [1.82, 2.24) is 9.97 Å². The quantitative estimate of drug-likeness (QED) is 0.587. The van der Waals surface area contributed by atoms with Crippen molar-refractivity contribution in [2.24, 2.45) is 0 Å². The third-order valence-corrected chi connectivity index (χ3v) is 3.07. The number of nitrogens with two attached hydrogens (primary N) is 2. The second kappa shape index (κ2) is 3.92. The monoisotopic (exact) mass is 258 g/mol. The van der Waals surface area contributed by atoms with Crippen LogP contribution in [-0.2, 0) is 0 Å². The number of rotatable bonds is 1. The topological polar surface area (TPSA) is 80.7 Å². The van der Waals surface area contributed by atoms with E-state index in [1.165, 1.54) is 0 Å². The van der Waals surface area contributed by atoms with Gasteiger partial charge in [0.2, 0.25) is 0 Å². The molecule has 0 spiro atoms. The fourth-order valence-electron chi connectivity index (χ4n) is 1.88. The summed E-state index contributed by atoms with van der Waals surface area (Å²) >= 11 is 6.16. The van der Waals surface area contributed by atoms with Crippen LogP contribution in [0.4, 0.5) is 11.4 Å². The van der Waals surface area contributed by atoms with Gasteiger partial charge in [0.25, 0.3) is 0 Å². The fraction of sp³-hybridized carbons (Fsp3) is 0. The van der Waals surface area contributed by atoms with E-state index in [0.717, 1.165) is 16.6 Å². The van der Waals surface area contributed by atoms with Crippen molar-refractivity contribution in [1.29, 1.82) is 0 Å². The lowest BCUT2D eigenvalue weighted by atomic mass is 10.2. The van der Waals surface area contributed by atoms with Crippen molar-refractivity contribution in [3.63, 3.8) is 0 Å². The molecular weight excluding hydrogens is 248 g/mol. The molecule has 0 radical (unpaired) electrons. The Kier molecular flexibility index (Phi) is 2.38. The third-order valence-electron chi connectivity index (χ3n) is 2.75. The lowest BCUT2D eigenvalue weighted by Gasteiger charge is -2.01. The first kappa shape index (κ1) is 10.9. The zero-order valence-corrected chi connectivity index (χ0v) is 10.2. The molecule has 0 bridgehead atoms. The highest BCUT2D eigenvalue weighted by Gasteiger charge is 2.09. The minimum absolute atomic E-state index is 0.571. The van der Waals surface area contributed by atoms with Gasteiger partial charge in [-0.15, -0.1) is 0 Å². The molecule has 0 saturated heterocycles. The second-order valence-electron chi connectivity index (χ2n) is 4.10. The lowest BCUT2D eigenvalue weighted by molar-refractivity contribution is 1.34. The molecule has 1 aromatic heterocycles. The minimum Gasteiger partial charge on any atom is -0.399 e. The molecule has 2 aromatic carbocycles. The molecule has 0 fully saturated rings. The largest absolute Gasteiger partial charge is 0.399 e. The first-order valence-electron chi connectivity index (χ1n) is 5.44. The molecular formula is C13H11ClN4. The first-order valence-corrected chi connectivity index (χ1v) is 5.82. The molecule has 0 aliphatic rings. The number of hydrogen-bond acceptors (Lipinski definition) is 3. The fourth-order valence-corrected chi connectivity index (χ4v) is 2.16. The van der Waals surface area contributed by atoms with Crippen LogP contribution in [-0.4, -0.2) is 9.97 Å². The summed E-state index contributed by atoms with van der Waals surface area (Å²) in [6.45, 7) is 0. The van der Waals surface area contributed by atoms with Crippen molar-refractivity contribution >= 4 is 34.0 Å². The van der Waals surface area contributed by atoms with Crippen molar-refractivity contribution in [2.45, 2.75) is 0 Å². The number of nitrogens with zero attached hydrogens (tertiary/aromatic N) is 1. The Morgan fingerprint density at radius 1 is 1.00 bits per heavy atom. The summed E-state index contributed by atoms with van der Waals surface area (Å²) in [5, 5.41) is 0.571. The number of halogens is 1. The van der Waals surface area contributed by atoms with Crippen molar-refractivity contribution in [3.8, 4) is 11.4 Å².